The predicted octanol–water partition coefficient (Wildman–Crippen LogP) is 4.04. The maximum atomic E-state index is 13.1. The number of piperidine rings is 2. The lowest BCUT2D eigenvalue weighted by Gasteiger charge is -2.49. The smallest absolute Gasteiger partial charge is 0.251 e. The van der Waals surface area contributed by atoms with Crippen molar-refractivity contribution in [2.75, 3.05) is 28.4 Å². The molecule has 2 bridgehead atoms. The molecule has 1 amide bonds. The topological polar surface area (TPSA) is 69.3 Å². The van der Waals surface area contributed by atoms with Gasteiger partial charge >= 0.3 is 0 Å². The molecular weight excluding hydrogens is 420 g/mol. The van der Waals surface area contributed by atoms with Gasteiger partial charge < -0.3 is 24.3 Å². The highest BCUT2D eigenvalue weighted by Gasteiger charge is 2.39. The summed E-state index contributed by atoms with van der Waals surface area (Å²) in [7, 11) is 6.39. The van der Waals surface area contributed by atoms with E-state index in [-0.39, 0.29) is 11.9 Å². The Hall–Kier alpha value is -2.93. The van der Waals surface area contributed by atoms with E-state index in [9.17, 15) is 4.79 Å². The molecular formula is C26H34N2O5. The molecule has 2 aliphatic heterocycles. The summed E-state index contributed by atoms with van der Waals surface area (Å²) in [5, 5.41) is 3.27. The lowest BCUT2D eigenvalue weighted by Crippen LogP contribution is -2.56. The van der Waals surface area contributed by atoms with Crippen LogP contribution >= 0.6 is 0 Å². The third kappa shape index (κ3) is 4.88. The first-order valence-corrected chi connectivity index (χ1v) is 11.6. The Kier molecular flexibility index (Phi) is 7.28. The number of nitrogens with one attached hydrogen (secondary N) is 1. The number of carbonyl (C=O) groups is 1. The van der Waals surface area contributed by atoms with Gasteiger partial charge in [0.2, 0.25) is 5.75 Å². The van der Waals surface area contributed by atoms with Crippen molar-refractivity contribution in [2.24, 2.45) is 0 Å². The Morgan fingerprint density at radius 3 is 2.09 bits per heavy atom. The number of carbonyl (C=O) groups excluding carboxylic acids is 1. The first-order chi connectivity index (χ1) is 16.1. The monoisotopic (exact) mass is 454 g/mol. The Morgan fingerprint density at radius 2 is 1.52 bits per heavy atom. The number of benzene rings is 2. The fourth-order valence-corrected chi connectivity index (χ4v) is 5.37. The number of hydrogen-bond donors (Lipinski definition) is 1. The zero-order valence-corrected chi connectivity index (χ0v) is 19.9. The van der Waals surface area contributed by atoms with E-state index in [1.165, 1.54) is 12.0 Å². The first-order valence-electron chi connectivity index (χ1n) is 11.6. The van der Waals surface area contributed by atoms with Gasteiger partial charge in [0.15, 0.2) is 11.5 Å². The molecule has 0 spiro atoms. The second kappa shape index (κ2) is 10.3. The Bertz CT molecular complexity index is 940. The maximum Gasteiger partial charge on any atom is 0.251 e. The molecule has 2 saturated heterocycles. The van der Waals surface area contributed by atoms with Gasteiger partial charge in [0.05, 0.1) is 28.4 Å². The van der Waals surface area contributed by atoms with Gasteiger partial charge in [0, 0.05) is 35.8 Å². The van der Waals surface area contributed by atoms with Crippen molar-refractivity contribution in [1.29, 1.82) is 0 Å². The molecule has 2 fully saturated rings. The lowest BCUT2D eigenvalue weighted by atomic mass is 9.81. The molecule has 1 unspecified atom stereocenters. The third-order valence-electron chi connectivity index (χ3n) is 6.93. The van der Waals surface area contributed by atoms with Crippen LogP contribution in [0.5, 0.6) is 23.0 Å². The molecule has 0 aliphatic carbocycles. The largest absolute Gasteiger partial charge is 0.496 e. The number of ether oxygens (including phenoxy) is 4. The average molecular weight is 455 g/mol. The zero-order chi connectivity index (χ0) is 23.4. The van der Waals surface area contributed by atoms with Crippen LogP contribution in [0.25, 0.3) is 0 Å². The molecule has 7 nitrogen and oxygen atoms in total. The average Bonchev–Trinajstić information content (AvgIpc) is 2.83. The van der Waals surface area contributed by atoms with Crippen LogP contribution in [-0.2, 0) is 6.54 Å². The van der Waals surface area contributed by atoms with Gasteiger partial charge in [-0.05, 0) is 43.9 Å². The van der Waals surface area contributed by atoms with E-state index in [2.05, 4.69) is 22.3 Å². The minimum atomic E-state index is -0.115. The molecule has 33 heavy (non-hydrogen) atoms. The molecule has 7 heteroatoms. The van der Waals surface area contributed by atoms with Crippen molar-refractivity contribution < 1.29 is 23.7 Å². The van der Waals surface area contributed by atoms with Crippen LogP contribution in [0.2, 0.25) is 0 Å². The summed E-state index contributed by atoms with van der Waals surface area (Å²) in [6.07, 6.45) is 5.44. The second-order valence-electron chi connectivity index (χ2n) is 8.78. The van der Waals surface area contributed by atoms with Crippen molar-refractivity contribution in [3.8, 4) is 23.0 Å². The van der Waals surface area contributed by atoms with Gasteiger partial charge in [0.25, 0.3) is 5.91 Å². The minimum Gasteiger partial charge on any atom is -0.496 e. The predicted molar refractivity (Wildman–Crippen MR) is 127 cm³/mol. The number of fused-ring (bicyclic) bond motifs is 2. The molecule has 2 aromatic carbocycles. The van der Waals surface area contributed by atoms with E-state index in [0.29, 0.717) is 34.9 Å². The summed E-state index contributed by atoms with van der Waals surface area (Å²) < 4.78 is 21.8. The molecule has 2 aromatic rings. The summed E-state index contributed by atoms with van der Waals surface area (Å²) in [5.41, 5.74) is 1.72. The standard InChI is InChI=1S/C26H34N2O5/c1-30-22-11-6-5-8-17(22)16-28-20-9-7-10-21(28)15-19(14-20)27-26(29)18-12-23(31-2)25(33-4)24(13-18)32-3/h5-6,8,11-13,19-21H,7,9-10,14-16H2,1-4H3,(H,27,29)/t19?,20-,21+. The number of nitrogens with zero attached hydrogens (tertiary/aromatic N) is 1. The summed E-state index contributed by atoms with van der Waals surface area (Å²) in [6, 6.07) is 12.7. The van der Waals surface area contributed by atoms with Crippen molar-refractivity contribution in [3.63, 3.8) is 0 Å². The van der Waals surface area contributed by atoms with Crippen molar-refractivity contribution >= 4 is 5.91 Å². The van der Waals surface area contributed by atoms with E-state index in [0.717, 1.165) is 38.0 Å². The lowest BCUT2D eigenvalue weighted by molar-refractivity contribution is 0.0172. The van der Waals surface area contributed by atoms with E-state index in [1.807, 2.05) is 12.1 Å². The fourth-order valence-electron chi connectivity index (χ4n) is 5.37. The molecule has 0 aromatic heterocycles. The molecule has 2 heterocycles. The normalized spacial score (nSPS) is 22.4. The molecule has 3 atom stereocenters. The van der Waals surface area contributed by atoms with E-state index >= 15 is 0 Å². The van der Waals surface area contributed by atoms with Crippen LogP contribution in [0.1, 0.15) is 48.0 Å². The molecule has 2 aliphatic rings. The summed E-state index contributed by atoms with van der Waals surface area (Å²) in [6.45, 7) is 0.882. The zero-order valence-electron chi connectivity index (χ0n) is 19.9. The van der Waals surface area contributed by atoms with Crippen LogP contribution < -0.4 is 24.3 Å². The number of amides is 1. The molecule has 178 valence electrons. The highest BCUT2D eigenvalue weighted by molar-refractivity contribution is 5.95. The van der Waals surface area contributed by atoms with Gasteiger partial charge in [-0.1, -0.05) is 24.6 Å². The second-order valence-corrected chi connectivity index (χ2v) is 8.78. The van der Waals surface area contributed by atoms with Crippen LogP contribution in [0.4, 0.5) is 0 Å². The number of methoxy groups -OCH3 is 4. The molecule has 4 rings (SSSR count). The van der Waals surface area contributed by atoms with Crippen molar-refractivity contribution in [3.05, 3.63) is 47.5 Å². The highest BCUT2D eigenvalue weighted by Crippen LogP contribution is 2.39. The van der Waals surface area contributed by atoms with Crippen LogP contribution in [0.3, 0.4) is 0 Å². The minimum absolute atomic E-state index is 0.115. The van der Waals surface area contributed by atoms with Crippen molar-refractivity contribution in [2.45, 2.75) is 56.8 Å². The fraction of sp³-hybridized carbons (Fsp3) is 0.500. The van der Waals surface area contributed by atoms with Gasteiger partial charge in [0.1, 0.15) is 5.75 Å². The SMILES string of the molecule is COc1ccccc1CN1[C@@H]2CCC[C@H]1CC(NC(=O)c1cc(OC)c(OC)c(OC)c1)C2. The number of rotatable bonds is 8. The number of hydrogen-bond acceptors (Lipinski definition) is 6. The molecule has 1 N–H and O–H groups in total. The third-order valence-corrected chi connectivity index (χ3v) is 6.93. The molecule has 0 saturated carbocycles. The van der Waals surface area contributed by atoms with Crippen LogP contribution in [0, 0.1) is 0 Å². The van der Waals surface area contributed by atoms with Crippen LogP contribution in [-0.4, -0.2) is 57.4 Å². The Balaban J connectivity index is 1.47. The van der Waals surface area contributed by atoms with Crippen molar-refractivity contribution in [1.82, 2.24) is 10.2 Å². The van der Waals surface area contributed by atoms with E-state index < -0.39 is 0 Å². The molecule has 0 radical (unpaired) electrons. The Labute approximate surface area is 196 Å². The van der Waals surface area contributed by atoms with E-state index in [4.69, 9.17) is 18.9 Å². The van der Waals surface area contributed by atoms with Gasteiger partial charge in [-0.3, -0.25) is 9.69 Å². The number of para-hydroxylation sites is 1. The van der Waals surface area contributed by atoms with Gasteiger partial charge in [-0.15, -0.1) is 0 Å². The first kappa shape index (κ1) is 23.2. The van der Waals surface area contributed by atoms with E-state index in [1.54, 1.807) is 40.6 Å². The van der Waals surface area contributed by atoms with Gasteiger partial charge in [-0.2, -0.15) is 0 Å². The maximum absolute atomic E-state index is 13.1. The Morgan fingerprint density at radius 1 is 0.909 bits per heavy atom. The summed E-state index contributed by atoms with van der Waals surface area (Å²) >= 11 is 0. The summed E-state index contributed by atoms with van der Waals surface area (Å²) in [4.78, 5) is 15.7. The quantitative estimate of drug-likeness (QED) is 0.649. The van der Waals surface area contributed by atoms with Gasteiger partial charge in [-0.25, -0.2) is 0 Å². The summed E-state index contributed by atoms with van der Waals surface area (Å²) in [5.74, 6) is 2.26. The van der Waals surface area contributed by atoms with Crippen LogP contribution in [0.15, 0.2) is 36.4 Å². The highest BCUT2D eigenvalue weighted by atomic mass is 16.5.